The summed E-state index contributed by atoms with van der Waals surface area (Å²) in [4.78, 5) is 37.3. The Balaban J connectivity index is 4.10. The third-order valence-electron chi connectivity index (χ3n) is 13.4. The second kappa shape index (κ2) is 50.7. The summed E-state index contributed by atoms with van der Waals surface area (Å²) in [6, 6.07) is 0. The lowest BCUT2D eigenvalue weighted by atomic mass is 10.0. The maximum atomic E-state index is 12.9. The molecule has 0 fully saturated rings. The first-order chi connectivity index (χ1) is 32.6. The van der Waals surface area contributed by atoms with Gasteiger partial charge in [0.1, 0.15) is 13.2 Å². The number of nitrogens with zero attached hydrogens (tertiary/aromatic N) is 1. The number of esters is 2. The lowest BCUT2D eigenvalue weighted by molar-refractivity contribution is -0.870. The molecule has 9 nitrogen and oxygen atoms in total. The van der Waals surface area contributed by atoms with Crippen molar-refractivity contribution >= 4 is 17.9 Å². The molecule has 0 aliphatic heterocycles. The Bertz CT molecular complexity index is 1060. The van der Waals surface area contributed by atoms with E-state index < -0.39 is 18.4 Å². The SMILES string of the molecule is CCCCCCCCCCCCCCCCCCCCCCCCCCCCCCC(=O)OC(COC(=O)CCCCCCCCCCCCCCCC)COC(OCC[N+](C)(C)C)C(=O)O. The van der Waals surface area contributed by atoms with E-state index in [0.29, 0.717) is 17.4 Å². The van der Waals surface area contributed by atoms with Crippen LogP contribution in [-0.2, 0) is 33.3 Å². The molecule has 0 rings (SSSR count). The maximum absolute atomic E-state index is 12.9. The molecule has 0 amide bonds. The number of likely N-dealkylation sites (N-methyl/N-ethyl adjacent to an activating group) is 1. The van der Waals surface area contributed by atoms with Gasteiger partial charge >= 0.3 is 17.9 Å². The first-order valence-corrected chi connectivity index (χ1v) is 29.2. The molecule has 0 radical (unpaired) electrons. The van der Waals surface area contributed by atoms with Gasteiger partial charge in [0.25, 0.3) is 6.29 Å². The summed E-state index contributed by atoms with van der Waals surface area (Å²) < 4.78 is 22.9. The third kappa shape index (κ3) is 52.0. The highest BCUT2D eigenvalue weighted by Crippen LogP contribution is 2.18. The van der Waals surface area contributed by atoms with E-state index >= 15 is 0 Å². The van der Waals surface area contributed by atoms with E-state index in [9.17, 15) is 19.5 Å². The summed E-state index contributed by atoms with van der Waals surface area (Å²) in [5.41, 5.74) is 0. The molecule has 9 heteroatoms. The quantitative estimate of drug-likeness (QED) is 0.0278. The Morgan fingerprint density at radius 3 is 0.955 bits per heavy atom. The molecular weight excluding hydrogens is 839 g/mol. The number of carbonyl (C=O) groups is 3. The van der Waals surface area contributed by atoms with E-state index in [1.165, 1.54) is 231 Å². The standard InChI is InChI=1S/C58H113NO8/c1-6-8-10-12-14-16-18-20-22-23-24-25-26-27-28-29-30-31-32-33-34-35-37-39-41-43-45-47-49-56(61)67-54(53-66-58(57(62)63)64-51-50-59(3,4)5)52-65-55(60)48-46-44-42-40-38-36-21-19-17-15-13-11-9-7-2/h54,58H,6-53H2,1-5H3/p+1. The van der Waals surface area contributed by atoms with Crippen molar-refractivity contribution < 1.29 is 42.9 Å². The molecule has 2 unspecified atom stereocenters. The number of rotatable bonds is 55. The summed E-state index contributed by atoms with van der Waals surface area (Å²) >= 11 is 0. The topological polar surface area (TPSA) is 108 Å². The van der Waals surface area contributed by atoms with Crippen molar-refractivity contribution in [1.82, 2.24) is 0 Å². The van der Waals surface area contributed by atoms with Crippen molar-refractivity contribution in [2.45, 2.75) is 309 Å². The molecule has 1 N–H and O–H groups in total. The fraction of sp³-hybridized carbons (Fsp3) is 0.948. The summed E-state index contributed by atoms with van der Waals surface area (Å²) in [7, 11) is 5.98. The number of aliphatic carboxylic acids is 1. The van der Waals surface area contributed by atoms with Gasteiger partial charge in [-0.2, -0.15) is 0 Å². The minimum atomic E-state index is -1.50. The van der Waals surface area contributed by atoms with E-state index in [1.807, 2.05) is 21.1 Å². The van der Waals surface area contributed by atoms with Gasteiger partial charge in [0, 0.05) is 12.8 Å². The van der Waals surface area contributed by atoms with Gasteiger partial charge in [0.05, 0.1) is 34.4 Å². The van der Waals surface area contributed by atoms with Crippen LogP contribution in [0, 0.1) is 0 Å². The minimum absolute atomic E-state index is 0.173. The summed E-state index contributed by atoms with van der Waals surface area (Å²) in [5, 5.41) is 9.69. The molecule has 0 heterocycles. The largest absolute Gasteiger partial charge is 0.477 e. The number of ether oxygens (including phenoxy) is 4. The zero-order valence-corrected chi connectivity index (χ0v) is 45.3. The Labute approximate surface area is 415 Å². The minimum Gasteiger partial charge on any atom is -0.477 e. The van der Waals surface area contributed by atoms with Gasteiger partial charge in [0.15, 0.2) is 6.10 Å². The normalized spacial score (nSPS) is 12.7. The maximum Gasteiger partial charge on any atom is 0.361 e. The van der Waals surface area contributed by atoms with Crippen LogP contribution in [-0.4, -0.2) is 87.4 Å². The van der Waals surface area contributed by atoms with Gasteiger partial charge in [-0.25, -0.2) is 4.79 Å². The molecular formula is C58H114NO8+. The summed E-state index contributed by atoms with van der Waals surface area (Å²) in [6.07, 6.45) is 53.3. The van der Waals surface area contributed by atoms with Gasteiger partial charge in [-0.3, -0.25) is 9.59 Å². The van der Waals surface area contributed by atoms with Crippen LogP contribution in [0.5, 0.6) is 0 Å². The molecule has 0 aliphatic carbocycles. The van der Waals surface area contributed by atoms with Crippen molar-refractivity contribution in [2.75, 3.05) is 47.5 Å². The van der Waals surface area contributed by atoms with E-state index in [1.54, 1.807) is 0 Å². The van der Waals surface area contributed by atoms with E-state index in [0.717, 1.165) is 38.5 Å². The molecule has 0 aliphatic rings. The van der Waals surface area contributed by atoms with Crippen LogP contribution in [0.25, 0.3) is 0 Å². The highest BCUT2D eigenvalue weighted by molar-refractivity contribution is 5.71. The fourth-order valence-electron chi connectivity index (χ4n) is 8.84. The molecule has 0 saturated carbocycles. The van der Waals surface area contributed by atoms with E-state index in [4.69, 9.17) is 18.9 Å². The molecule has 0 aromatic rings. The van der Waals surface area contributed by atoms with Crippen LogP contribution < -0.4 is 0 Å². The fourth-order valence-corrected chi connectivity index (χ4v) is 8.84. The summed E-state index contributed by atoms with van der Waals surface area (Å²) in [6.45, 7) is 4.94. The molecule has 67 heavy (non-hydrogen) atoms. The van der Waals surface area contributed by atoms with E-state index in [-0.39, 0.29) is 38.2 Å². The van der Waals surface area contributed by atoms with Crippen molar-refractivity contribution in [3.8, 4) is 0 Å². The van der Waals surface area contributed by atoms with Crippen LogP contribution in [0.15, 0.2) is 0 Å². The second-order valence-electron chi connectivity index (χ2n) is 21.3. The highest BCUT2D eigenvalue weighted by atomic mass is 16.7. The average Bonchev–Trinajstić information content (AvgIpc) is 3.29. The number of carboxylic acids is 1. The zero-order valence-electron chi connectivity index (χ0n) is 45.3. The predicted molar refractivity (Wildman–Crippen MR) is 282 cm³/mol. The number of quaternary nitrogens is 1. The third-order valence-corrected chi connectivity index (χ3v) is 13.4. The van der Waals surface area contributed by atoms with Gasteiger partial charge in [0.2, 0.25) is 0 Å². The van der Waals surface area contributed by atoms with Crippen molar-refractivity contribution in [1.29, 1.82) is 0 Å². The first kappa shape index (κ1) is 65.3. The number of hydrogen-bond donors (Lipinski definition) is 1. The molecule has 0 saturated heterocycles. The smallest absolute Gasteiger partial charge is 0.361 e. The Hall–Kier alpha value is -1.71. The lowest BCUT2D eigenvalue weighted by Gasteiger charge is -2.25. The first-order valence-electron chi connectivity index (χ1n) is 29.2. The number of hydrogen-bond acceptors (Lipinski definition) is 7. The average molecular weight is 954 g/mol. The Morgan fingerprint density at radius 1 is 0.388 bits per heavy atom. The molecule has 398 valence electrons. The van der Waals surface area contributed by atoms with Crippen LogP contribution in [0.4, 0.5) is 0 Å². The number of carbonyl (C=O) groups excluding carboxylic acids is 2. The highest BCUT2D eigenvalue weighted by Gasteiger charge is 2.25. The zero-order chi connectivity index (χ0) is 49.2. The molecule has 0 aromatic heterocycles. The predicted octanol–water partition coefficient (Wildman–Crippen LogP) is 16.8. The lowest BCUT2D eigenvalue weighted by Crippen LogP contribution is -2.40. The molecule has 0 bridgehead atoms. The number of carboxylic acid groups (broad SMARTS) is 1. The van der Waals surface area contributed by atoms with Crippen LogP contribution in [0.1, 0.15) is 296 Å². The van der Waals surface area contributed by atoms with Crippen molar-refractivity contribution in [3.63, 3.8) is 0 Å². The van der Waals surface area contributed by atoms with Gasteiger partial charge in [-0.05, 0) is 12.8 Å². The Kier molecular flexibility index (Phi) is 49.4. The molecule has 2 atom stereocenters. The van der Waals surface area contributed by atoms with Gasteiger partial charge in [-0.15, -0.1) is 0 Å². The monoisotopic (exact) mass is 953 g/mol. The van der Waals surface area contributed by atoms with Gasteiger partial charge < -0.3 is 28.5 Å². The van der Waals surface area contributed by atoms with Gasteiger partial charge in [-0.1, -0.05) is 271 Å². The van der Waals surface area contributed by atoms with E-state index in [2.05, 4.69) is 13.8 Å². The van der Waals surface area contributed by atoms with Crippen LogP contribution in [0.3, 0.4) is 0 Å². The second-order valence-corrected chi connectivity index (χ2v) is 21.3. The van der Waals surface area contributed by atoms with Crippen molar-refractivity contribution in [3.05, 3.63) is 0 Å². The van der Waals surface area contributed by atoms with Crippen molar-refractivity contribution in [2.24, 2.45) is 0 Å². The Morgan fingerprint density at radius 2 is 0.672 bits per heavy atom. The van der Waals surface area contributed by atoms with Crippen LogP contribution in [0.2, 0.25) is 0 Å². The number of unbranched alkanes of at least 4 members (excludes halogenated alkanes) is 40. The molecule has 0 aromatic carbocycles. The van der Waals surface area contributed by atoms with Crippen LogP contribution >= 0.6 is 0 Å². The molecule has 0 spiro atoms. The summed E-state index contributed by atoms with van der Waals surface area (Å²) in [5.74, 6) is -1.98.